The lowest BCUT2D eigenvalue weighted by molar-refractivity contribution is -0.137. The molecule has 3 N–H and O–H groups in total. The van der Waals surface area contributed by atoms with Gasteiger partial charge in [0.05, 0.1) is 30.7 Å². The van der Waals surface area contributed by atoms with E-state index < -0.39 is 5.97 Å². The zero-order valence-corrected chi connectivity index (χ0v) is 18.2. The van der Waals surface area contributed by atoms with Gasteiger partial charge in [-0.05, 0) is 59.8 Å². The third-order valence-corrected chi connectivity index (χ3v) is 5.04. The van der Waals surface area contributed by atoms with Crippen molar-refractivity contribution in [2.24, 2.45) is 4.99 Å². The SMILES string of the molecule is COc1cc(/C=C2/SC(=Nc3ccc(NC(C)=O)cc3)NC2=O)ccc1OCCC(=O)O. The summed E-state index contributed by atoms with van der Waals surface area (Å²) < 4.78 is 10.8. The minimum Gasteiger partial charge on any atom is -0.493 e. The number of thioether (sulfide) groups is 1. The molecule has 2 aromatic rings. The molecule has 1 aliphatic heterocycles. The number of carbonyl (C=O) groups is 3. The van der Waals surface area contributed by atoms with Gasteiger partial charge in [-0.25, -0.2) is 4.99 Å². The number of carboxylic acid groups (broad SMARTS) is 1. The van der Waals surface area contributed by atoms with Crippen LogP contribution in [0.15, 0.2) is 52.4 Å². The molecule has 0 aliphatic carbocycles. The standard InChI is InChI=1S/C22H21N3O6S/c1-13(26)23-15-4-6-16(7-5-15)24-22-25-21(29)19(32-22)12-14-3-8-17(18(11-14)30-2)31-10-9-20(27)28/h3-8,11-12H,9-10H2,1-2H3,(H,23,26)(H,27,28)(H,24,25,29)/b19-12+. The lowest BCUT2D eigenvalue weighted by atomic mass is 10.2. The maximum Gasteiger partial charge on any atom is 0.306 e. The molecule has 0 atom stereocenters. The zero-order chi connectivity index (χ0) is 23.1. The largest absolute Gasteiger partial charge is 0.493 e. The number of hydrogen-bond acceptors (Lipinski definition) is 7. The van der Waals surface area contributed by atoms with Crippen molar-refractivity contribution in [2.45, 2.75) is 13.3 Å². The molecule has 0 saturated carbocycles. The van der Waals surface area contributed by atoms with E-state index in [0.717, 1.165) is 0 Å². The fourth-order valence-corrected chi connectivity index (χ4v) is 3.56. The Bertz CT molecular complexity index is 1100. The molecule has 3 rings (SSSR count). The number of hydrogen-bond donors (Lipinski definition) is 3. The molecule has 2 aromatic carbocycles. The molecular weight excluding hydrogens is 434 g/mol. The fourth-order valence-electron chi connectivity index (χ4n) is 2.71. The minimum absolute atomic E-state index is 0.0238. The van der Waals surface area contributed by atoms with Crippen LogP contribution in [0.2, 0.25) is 0 Å². The number of benzene rings is 2. The van der Waals surface area contributed by atoms with Crippen molar-refractivity contribution in [3.8, 4) is 11.5 Å². The molecule has 0 unspecified atom stereocenters. The molecule has 1 fully saturated rings. The minimum atomic E-state index is -0.948. The van der Waals surface area contributed by atoms with Crippen LogP contribution in [0.1, 0.15) is 18.9 Å². The fraction of sp³-hybridized carbons (Fsp3) is 0.182. The number of amidine groups is 1. The first-order valence-corrected chi connectivity index (χ1v) is 10.4. The van der Waals surface area contributed by atoms with Gasteiger partial charge in [-0.1, -0.05) is 6.07 Å². The van der Waals surface area contributed by atoms with Crippen LogP contribution in [0.3, 0.4) is 0 Å². The molecule has 2 amide bonds. The topological polar surface area (TPSA) is 126 Å². The summed E-state index contributed by atoms with van der Waals surface area (Å²) in [6.07, 6.45) is 1.58. The van der Waals surface area contributed by atoms with Crippen molar-refractivity contribution in [1.82, 2.24) is 5.32 Å². The number of methoxy groups -OCH3 is 1. The number of nitrogens with zero attached hydrogens (tertiary/aromatic N) is 1. The summed E-state index contributed by atoms with van der Waals surface area (Å²) >= 11 is 1.20. The third-order valence-electron chi connectivity index (χ3n) is 4.13. The number of aliphatic carboxylic acids is 1. The van der Waals surface area contributed by atoms with Gasteiger partial charge >= 0.3 is 5.97 Å². The highest BCUT2D eigenvalue weighted by molar-refractivity contribution is 8.18. The van der Waals surface area contributed by atoms with Gasteiger partial charge in [0, 0.05) is 12.6 Å². The van der Waals surface area contributed by atoms with Gasteiger partial charge in [0.15, 0.2) is 16.7 Å². The van der Waals surface area contributed by atoms with Gasteiger partial charge in [0.1, 0.15) is 0 Å². The quantitative estimate of drug-likeness (QED) is 0.521. The molecule has 1 aliphatic rings. The van der Waals surface area contributed by atoms with Gasteiger partial charge < -0.3 is 25.2 Å². The summed E-state index contributed by atoms with van der Waals surface area (Å²) in [5.74, 6) is -0.528. The maximum absolute atomic E-state index is 12.3. The highest BCUT2D eigenvalue weighted by Crippen LogP contribution is 2.32. The van der Waals surface area contributed by atoms with Crippen molar-refractivity contribution in [1.29, 1.82) is 0 Å². The second-order valence-electron chi connectivity index (χ2n) is 6.61. The van der Waals surface area contributed by atoms with E-state index in [1.165, 1.54) is 25.8 Å². The van der Waals surface area contributed by atoms with Gasteiger partial charge in [-0.2, -0.15) is 0 Å². The summed E-state index contributed by atoms with van der Waals surface area (Å²) in [6, 6.07) is 12.0. The van der Waals surface area contributed by atoms with E-state index >= 15 is 0 Å². The summed E-state index contributed by atoms with van der Waals surface area (Å²) in [5.41, 5.74) is 2.01. The average molecular weight is 455 g/mol. The van der Waals surface area contributed by atoms with Crippen LogP contribution in [-0.4, -0.2) is 41.8 Å². The predicted octanol–water partition coefficient (Wildman–Crippen LogP) is 3.40. The van der Waals surface area contributed by atoms with Crippen molar-refractivity contribution < 1.29 is 29.0 Å². The van der Waals surface area contributed by atoms with Gasteiger partial charge in [-0.15, -0.1) is 0 Å². The smallest absolute Gasteiger partial charge is 0.306 e. The van der Waals surface area contributed by atoms with Crippen LogP contribution in [0, 0.1) is 0 Å². The Morgan fingerprint density at radius 3 is 2.59 bits per heavy atom. The molecule has 0 radical (unpaired) electrons. The summed E-state index contributed by atoms with van der Waals surface area (Å²) in [5, 5.41) is 14.6. The van der Waals surface area contributed by atoms with Crippen molar-refractivity contribution in [2.75, 3.05) is 19.0 Å². The third kappa shape index (κ3) is 6.35. The van der Waals surface area contributed by atoms with Gasteiger partial charge in [0.25, 0.3) is 5.91 Å². The number of ether oxygens (including phenoxy) is 2. The highest BCUT2D eigenvalue weighted by Gasteiger charge is 2.24. The maximum atomic E-state index is 12.3. The summed E-state index contributed by atoms with van der Waals surface area (Å²) in [7, 11) is 1.48. The Morgan fingerprint density at radius 1 is 1.19 bits per heavy atom. The average Bonchev–Trinajstić information content (AvgIpc) is 3.08. The van der Waals surface area contributed by atoms with Crippen LogP contribution in [-0.2, 0) is 14.4 Å². The molecule has 0 bridgehead atoms. The van der Waals surface area contributed by atoms with Crippen LogP contribution in [0.5, 0.6) is 11.5 Å². The molecule has 32 heavy (non-hydrogen) atoms. The lowest BCUT2D eigenvalue weighted by Crippen LogP contribution is -2.19. The number of amides is 2. The Kier molecular flexibility index (Phi) is 7.50. The zero-order valence-electron chi connectivity index (χ0n) is 17.4. The number of anilines is 1. The van der Waals surface area contributed by atoms with Crippen molar-refractivity contribution in [3.05, 3.63) is 52.9 Å². The monoisotopic (exact) mass is 455 g/mol. The second kappa shape index (κ2) is 10.5. The van der Waals surface area contributed by atoms with Crippen LogP contribution in [0.4, 0.5) is 11.4 Å². The van der Waals surface area contributed by atoms with Crippen molar-refractivity contribution >= 4 is 52.2 Å². The molecule has 0 spiro atoms. The Hall–Kier alpha value is -3.79. The Morgan fingerprint density at radius 2 is 1.94 bits per heavy atom. The summed E-state index contributed by atoms with van der Waals surface area (Å²) in [6.45, 7) is 1.46. The molecular formula is C22H21N3O6S. The number of carbonyl (C=O) groups excluding carboxylic acids is 2. The van der Waals surface area contributed by atoms with Crippen molar-refractivity contribution in [3.63, 3.8) is 0 Å². The Labute approximate surface area is 188 Å². The first-order valence-electron chi connectivity index (χ1n) is 9.54. The number of nitrogens with one attached hydrogen (secondary N) is 2. The van der Waals surface area contributed by atoms with E-state index in [1.54, 1.807) is 48.5 Å². The second-order valence-corrected chi connectivity index (χ2v) is 7.64. The van der Waals surface area contributed by atoms with E-state index in [1.807, 2.05) is 0 Å². The molecule has 166 valence electrons. The van der Waals surface area contributed by atoms with Crippen LogP contribution >= 0.6 is 11.8 Å². The molecule has 1 saturated heterocycles. The first-order chi connectivity index (χ1) is 15.3. The molecule has 1 heterocycles. The van der Waals surface area contributed by atoms with Gasteiger partial charge in [0.2, 0.25) is 5.91 Å². The Balaban J connectivity index is 1.71. The molecule has 10 heteroatoms. The highest BCUT2D eigenvalue weighted by atomic mass is 32.2. The van der Waals surface area contributed by atoms with E-state index in [0.29, 0.717) is 38.5 Å². The van der Waals surface area contributed by atoms with Crippen LogP contribution < -0.4 is 20.1 Å². The van der Waals surface area contributed by atoms with E-state index in [4.69, 9.17) is 14.6 Å². The molecule has 0 aromatic heterocycles. The lowest BCUT2D eigenvalue weighted by Gasteiger charge is -2.10. The van der Waals surface area contributed by atoms with Crippen LogP contribution in [0.25, 0.3) is 6.08 Å². The van der Waals surface area contributed by atoms with E-state index in [2.05, 4.69) is 15.6 Å². The normalized spacial score (nSPS) is 15.5. The summed E-state index contributed by atoms with van der Waals surface area (Å²) in [4.78, 5) is 38.9. The first kappa shape index (κ1) is 22.9. The van der Waals surface area contributed by atoms with E-state index in [-0.39, 0.29) is 24.8 Å². The van der Waals surface area contributed by atoms with Gasteiger partial charge in [-0.3, -0.25) is 14.4 Å². The predicted molar refractivity (Wildman–Crippen MR) is 122 cm³/mol. The number of aliphatic imine (C=N–C) groups is 1. The molecule has 9 nitrogen and oxygen atoms in total. The number of carboxylic acids is 1. The number of rotatable bonds is 8. The van der Waals surface area contributed by atoms with E-state index in [9.17, 15) is 14.4 Å².